The van der Waals surface area contributed by atoms with Gasteiger partial charge in [0.1, 0.15) is 0 Å². The van der Waals surface area contributed by atoms with E-state index in [-0.39, 0.29) is 12.5 Å². The molecule has 0 bridgehead atoms. The summed E-state index contributed by atoms with van der Waals surface area (Å²) in [4.78, 5) is 1.15. The summed E-state index contributed by atoms with van der Waals surface area (Å²) in [7, 11) is 0. The lowest BCUT2D eigenvalue weighted by Gasteiger charge is -2.01. The molecule has 0 amide bonds. The van der Waals surface area contributed by atoms with Crippen LogP contribution < -0.4 is 0 Å². The fourth-order valence-electron chi connectivity index (χ4n) is 0.683. The Balaban J connectivity index is 2.74. The predicted octanol–water partition coefficient (Wildman–Crippen LogP) is 2.50. The molecule has 0 saturated carbocycles. The molecule has 0 aromatic carbocycles. The van der Waals surface area contributed by atoms with Gasteiger partial charge >= 0.3 is 0 Å². The topological polar surface area (TPSA) is 20.2 Å². The van der Waals surface area contributed by atoms with Gasteiger partial charge < -0.3 is 5.11 Å². The largest absolute Gasteiger partial charge is 0.396 e. The summed E-state index contributed by atoms with van der Waals surface area (Å²) in [6.07, 6.45) is 0. The van der Waals surface area contributed by atoms with E-state index in [1.807, 2.05) is 19.1 Å². The van der Waals surface area contributed by atoms with E-state index in [1.54, 1.807) is 0 Å². The third-order valence-electron chi connectivity index (χ3n) is 1.35. The summed E-state index contributed by atoms with van der Waals surface area (Å²) in [5, 5.41) is 8.76. The van der Waals surface area contributed by atoms with Gasteiger partial charge in [0.2, 0.25) is 0 Å². The smallest absolute Gasteiger partial charge is 0.0931 e. The minimum Gasteiger partial charge on any atom is -0.396 e. The van der Waals surface area contributed by atoms with Gasteiger partial charge in [-0.1, -0.05) is 18.5 Å². The van der Waals surface area contributed by atoms with Crippen LogP contribution in [0.2, 0.25) is 4.34 Å². The van der Waals surface area contributed by atoms with Crippen LogP contribution in [0.25, 0.3) is 0 Å². The lowest BCUT2D eigenvalue weighted by molar-refractivity contribution is 0.274. The number of rotatable bonds is 2. The molecule has 1 nitrogen and oxygen atoms in total. The minimum absolute atomic E-state index is 0.191. The van der Waals surface area contributed by atoms with Gasteiger partial charge in [-0.25, -0.2) is 0 Å². The van der Waals surface area contributed by atoms with Crippen molar-refractivity contribution in [3.63, 3.8) is 0 Å². The van der Waals surface area contributed by atoms with Crippen LogP contribution in [0.4, 0.5) is 0 Å². The van der Waals surface area contributed by atoms with Crippen molar-refractivity contribution in [1.82, 2.24) is 0 Å². The number of halogens is 1. The zero-order valence-electron chi connectivity index (χ0n) is 5.67. The Kier molecular flexibility index (Phi) is 2.72. The summed E-state index contributed by atoms with van der Waals surface area (Å²) in [5.74, 6) is 0.220. The van der Waals surface area contributed by atoms with Gasteiger partial charge in [0, 0.05) is 10.8 Å². The molecule has 0 aliphatic carbocycles. The second-order valence-electron chi connectivity index (χ2n) is 2.23. The molecule has 0 spiro atoms. The molecule has 1 aromatic rings. The number of aliphatic hydroxyl groups excluding tert-OH is 1. The molecule has 3 heteroatoms. The maximum absolute atomic E-state index is 8.76. The summed E-state index contributed by atoms with van der Waals surface area (Å²) in [6, 6.07) is 3.81. The normalized spacial score (nSPS) is 13.5. The fourth-order valence-corrected chi connectivity index (χ4v) is 1.79. The molecule has 1 aromatic heterocycles. The molecule has 0 aliphatic rings. The average Bonchev–Trinajstić information content (AvgIpc) is 2.34. The SMILES string of the molecule is C[C@@H](CO)c1ccc(Cl)s1. The highest BCUT2D eigenvalue weighted by atomic mass is 35.5. The van der Waals surface area contributed by atoms with Crippen molar-refractivity contribution in [2.24, 2.45) is 0 Å². The van der Waals surface area contributed by atoms with Crippen LogP contribution in [0.15, 0.2) is 12.1 Å². The highest BCUT2D eigenvalue weighted by Crippen LogP contribution is 2.27. The maximum Gasteiger partial charge on any atom is 0.0931 e. The van der Waals surface area contributed by atoms with Crippen molar-refractivity contribution < 1.29 is 5.11 Å². The molecule has 0 saturated heterocycles. The first-order valence-electron chi connectivity index (χ1n) is 3.10. The first kappa shape index (κ1) is 8.05. The third-order valence-corrected chi connectivity index (χ3v) is 2.82. The van der Waals surface area contributed by atoms with E-state index in [2.05, 4.69) is 0 Å². The van der Waals surface area contributed by atoms with Crippen LogP contribution in [0.5, 0.6) is 0 Å². The van der Waals surface area contributed by atoms with Crippen LogP contribution >= 0.6 is 22.9 Å². The van der Waals surface area contributed by atoms with Crippen molar-refractivity contribution in [3.8, 4) is 0 Å². The standard InChI is InChI=1S/C7H9ClOS/c1-5(4-9)6-2-3-7(8)10-6/h2-3,5,9H,4H2,1H3/t5-/m0/s1. The molecule has 0 aliphatic heterocycles. The second-order valence-corrected chi connectivity index (χ2v) is 3.97. The van der Waals surface area contributed by atoms with Crippen LogP contribution in [-0.2, 0) is 0 Å². The summed E-state index contributed by atoms with van der Waals surface area (Å²) in [6.45, 7) is 2.17. The van der Waals surface area contributed by atoms with Crippen molar-refractivity contribution >= 4 is 22.9 Å². The van der Waals surface area contributed by atoms with Gasteiger partial charge in [0.15, 0.2) is 0 Å². The van der Waals surface area contributed by atoms with E-state index < -0.39 is 0 Å². The Hall–Kier alpha value is -0.0500. The predicted molar refractivity (Wildman–Crippen MR) is 44.8 cm³/mol. The van der Waals surface area contributed by atoms with E-state index in [4.69, 9.17) is 16.7 Å². The Morgan fingerprint density at radius 2 is 2.40 bits per heavy atom. The van der Waals surface area contributed by atoms with Gasteiger partial charge in [-0.15, -0.1) is 11.3 Å². The monoisotopic (exact) mass is 176 g/mol. The van der Waals surface area contributed by atoms with Gasteiger partial charge in [-0.05, 0) is 12.1 Å². The van der Waals surface area contributed by atoms with Crippen LogP contribution in [0, 0.1) is 0 Å². The van der Waals surface area contributed by atoms with Crippen molar-refractivity contribution in [2.75, 3.05) is 6.61 Å². The molecule has 0 unspecified atom stereocenters. The average molecular weight is 177 g/mol. The molecular formula is C7H9ClOS. The zero-order chi connectivity index (χ0) is 7.56. The summed E-state index contributed by atoms with van der Waals surface area (Å²) in [5.41, 5.74) is 0. The number of hydrogen-bond donors (Lipinski definition) is 1. The van der Waals surface area contributed by atoms with Gasteiger partial charge in [-0.2, -0.15) is 0 Å². The number of thiophene rings is 1. The van der Waals surface area contributed by atoms with Gasteiger partial charge in [0.25, 0.3) is 0 Å². The fraction of sp³-hybridized carbons (Fsp3) is 0.429. The molecule has 1 atom stereocenters. The number of aliphatic hydroxyl groups is 1. The van der Waals surface area contributed by atoms with Gasteiger partial charge in [0.05, 0.1) is 10.9 Å². The zero-order valence-corrected chi connectivity index (χ0v) is 7.25. The Morgan fingerprint density at radius 3 is 2.80 bits per heavy atom. The minimum atomic E-state index is 0.191. The van der Waals surface area contributed by atoms with Crippen LogP contribution in [0.3, 0.4) is 0 Å². The maximum atomic E-state index is 8.76. The van der Waals surface area contributed by atoms with E-state index in [0.29, 0.717) is 0 Å². The summed E-state index contributed by atoms with van der Waals surface area (Å²) >= 11 is 7.22. The molecule has 1 heterocycles. The molecule has 0 fully saturated rings. The summed E-state index contributed by atoms with van der Waals surface area (Å²) < 4.78 is 0.787. The van der Waals surface area contributed by atoms with E-state index in [1.165, 1.54) is 11.3 Å². The van der Waals surface area contributed by atoms with Crippen LogP contribution in [-0.4, -0.2) is 11.7 Å². The molecule has 1 rings (SSSR count). The number of hydrogen-bond acceptors (Lipinski definition) is 2. The van der Waals surface area contributed by atoms with E-state index in [0.717, 1.165) is 9.21 Å². The molecule has 10 heavy (non-hydrogen) atoms. The first-order chi connectivity index (χ1) is 4.74. The molecule has 1 N–H and O–H groups in total. The van der Waals surface area contributed by atoms with Gasteiger partial charge in [-0.3, -0.25) is 0 Å². The Bertz CT molecular complexity index is 209. The van der Waals surface area contributed by atoms with E-state index >= 15 is 0 Å². The van der Waals surface area contributed by atoms with Crippen molar-refractivity contribution in [3.05, 3.63) is 21.3 Å². The second kappa shape index (κ2) is 3.37. The highest BCUT2D eigenvalue weighted by Gasteiger charge is 2.05. The molecular weight excluding hydrogens is 168 g/mol. The van der Waals surface area contributed by atoms with E-state index in [9.17, 15) is 0 Å². The Labute approximate surface area is 69.3 Å². The van der Waals surface area contributed by atoms with Crippen molar-refractivity contribution in [1.29, 1.82) is 0 Å². The Morgan fingerprint density at radius 1 is 1.70 bits per heavy atom. The van der Waals surface area contributed by atoms with Crippen LogP contribution in [0.1, 0.15) is 17.7 Å². The molecule has 0 radical (unpaired) electrons. The quantitative estimate of drug-likeness (QED) is 0.734. The lowest BCUT2D eigenvalue weighted by Crippen LogP contribution is -1.94. The lowest BCUT2D eigenvalue weighted by atomic mass is 10.2. The third kappa shape index (κ3) is 1.72. The van der Waals surface area contributed by atoms with Crippen molar-refractivity contribution in [2.45, 2.75) is 12.8 Å². The first-order valence-corrected chi connectivity index (χ1v) is 4.29. The molecule has 56 valence electrons. The highest BCUT2D eigenvalue weighted by molar-refractivity contribution is 7.16.